The maximum Gasteiger partial charge on any atom is 0.335 e. The van der Waals surface area contributed by atoms with Crippen LogP contribution in [-0.2, 0) is 6.61 Å². The molecular weight excluding hydrogens is 256 g/mol. The average molecular weight is 272 g/mol. The second kappa shape index (κ2) is 6.61. The molecule has 0 fully saturated rings. The van der Waals surface area contributed by atoms with Gasteiger partial charge in [-0.25, -0.2) is 4.79 Å². The number of hydrogen-bond acceptors (Lipinski definition) is 3. The molecule has 0 atom stereocenters. The lowest BCUT2D eigenvalue weighted by Crippen LogP contribution is -2.01. The molecule has 0 saturated heterocycles. The molecule has 20 heavy (non-hydrogen) atoms. The number of carboxylic acids is 1. The van der Waals surface area contributed by atoms with Crippen molar-refractivity contribution in [2.45, 2.75) is 13.5 Å². The van der Waals surface area contributed by atoms with Gasteiger partial charge in [0.25, 0.3) is 0 Å². The molecule has 0 aromatic heterocycles. The van der Waals surface area contributed by atoms with Gasteiger partial charge in [0, 0.05) is 5.56 Å². The molecule has 2 aromatic carbocycles. The van der Waals surface area contributed by atoms with Crippen molar-refractivity contribution in [1.29, 1.82) is 0 Å². The van der Waals surface area contributed by atoms with Gasteiger partial charge in [0.1, 0.15) is 18.1 Å². The molecule has 0 heterocycles. The Bertz CT molecular complexity index is 575. The minimum absolute atomic E-state index is 0.243. The lowest BCUT2D eigenvalue weighted by Gasteiger charge is -2.11. The summed E-state index contributed by atoms with van der Waals surface area (Å²) in [5.41, 5.74) is 1.20. The number of hydrogen-bond donors (Lipinski definition) is 1. The number of rotatable bonds is 6. The smallest absolute Gasteiger partial charge is 0.335 e. The van der Waals surface area contributed by atoms with Crippen molar-refractivity contribution in [1.82, 2.24) is 0 Å². The molecule has 0 spiro atoms. The summed E-state index contributed by atoms with van der Waals surface area (Å²) >= 11 is 0. The van der Waals surface area contributed by atoms with Crippen LogP contribution in [0.5, 0.6) is 11.5 Å². The van der Waals surface area contributed by atoms with Gasteiger partial charge in [0.05, 0.1) is 12.2 Å². The maximum absolute atomic E-state index is 10.8. The third-order valence-electron chi connectivity index (χ3n) is 2.77. The monoisotopic (exact) mass is 272 g/mol. The van der Waals surface area contributed by atoms with Crippen molar-refractivity contribution in [2.24, 2.45) is 0 Å². The summed E-state index contributed by atoms with van der Waals surface area (Å²) in [6.07, 6.45) is 0. The Kier molecular flexibility index (Phi) is 4.60. The Morgan fingerprint density at radius 1 is 1.05 bits per heavy atom. The molecule has 4 nitrogen and oxygen atoms in total. The zero-order chi connectivity index (χ0) is 14.4. The van der Waals surface area contributed by atoms with Crippen LogP contribution in [0.4, 0.5) is 0 Å². The van der Waals surface area contributed by atoms with Crippen LogP contribution in [0.2, 0.25) is 0 Å². The molecule has 0 radical (unpaired) electrons. The van der Waals surface area contributed by atoms with Crippen molar-refractivity contribution in [3.8, 4) is 11.5 Å². The second-order valence-corrected chi connectivity index (χ2v) is 4.16. The van der Waals surface area contributed by atoms with Crippen LogP contribution in [-0.4, -0.2) is 17.7 Å². The number of carbonyl (C=O) groups is 1. The van der Waals surface area contributed by atoms with E-state index in [0.29, 0.717) is 19.0 Å². The van der Waals surface area contributed by atoms with Gasteiger partial charge in [-0.1, -0.05) is 18.2 Å². The van der Waals surface area contributed by atoms with Crippen LogP contribution in [0.3, 0.4) is 0 Å². The van der Waals surface area contributed by atoms with E-state index < -0.39 is 5.97 Å². The van der Waals surface area contributed by atoms with Gasteiger partial charge in [0.15, 0.2) is 0 Å². The predicted molar refractivity (Wildman–Crippen MR) is 75.3 cm³/mol. The first kappa shape index (κ1) is 13.9. The van der Waals surface area contributed by atoms with E-state index in [2.05, 4.69) is 0 Å². The topological polar surface area (TPSA) is 55.8 Å². The van der Waals surface area contributed by atoms with Gasteiger partial charge in [-0.3, -0.25) is 0 Å². The maximum atomic E-state index is 10.8. The molecule has 0 saturated carbocycles. The number of carboxylic acid groups (broad SMARTS) is 1. The Balaban J connectivity index is 2.03. The second-order valence-electron chi connectivity index (χ2n) is 4.16. The molecule has 0 amide bonds. The first-order valence-corrected chi connectivity index (χ1v) is 6.37. The zero-order valence-corrected chi connectivity index (χ0v) is 11.2. The van der Waals surface area contributed by atoms with E-state index in [9.17, 15) is 4.79 Å². The molecule has 0 aliphatic rings. The van der Waals surface area contributed by atoms with Gasteiger partial charge in [-0.15, -0.1) is 0 Å². The summed E-state index contributed by atoms with van der Waals surface area (Å²) < 4.78 is 11.2. The standard InChI is InChI=1S/C16H16O4/c1-2-19-15-6-4-3-5-13(15)11-20-14-9-7-12(8-10-14)16(17)18/h3-10H,2,11H2,1H3,(H,17,18). The fourth-order valence-electron chi connectivity index (χ4n) is 1.77. The van der Waals surface area contributed by atoms with Gasteiger partial charge in [0.2, 0.25) is 0 Å². The average Bonchev–Trinajstić information content (AvgIpc) is 2.47. The third kappa shape index (κ3) is 3.51. The van der Waals surface area contributed by atoms with Crippen LogP contribution < -0.4 is 9.47 Å². The van der Waals surface area contributed by atoms with E-state index in [4.69, 9.17) is 14.6 Å². The molecular formula is C16H16O4. The van der Waals surface area contributed by atoms with E-state index in [1.165, 1.54) is 12.1 Å². The first-order valence-electron chi connectivity index (χ1n) is 6.37. The van der Waals surface area contributed by atoms with Gasteiger partial charge >= 0.3 is 5.97 Å². The Hall–Kier alpha value is -2.49. The largest absolute Gasteiger partial charge is 0.493 e. The van der Waals surface area contributed by atoms with Crippen LogP contribution in [0.1, 0.15) is 22.8 Å². The predicted octanol–water partition coefficient (Wildman–Crippen LogP) is 3.36. The van der Waals surface area contributed by atoms with Crippen LogP contribution >= 0.6 is 0 Å². The van der Waals surface area contributed by atoms with Crippen molar-refractivity contribution >= 4 is 5.97 Å². The zero-order valence-electron chi connectivity index (χ0n) is 11.2. The fraction of sp³-hybridized carbons (Fsp3) is 0.188. The Morgan fingerprint density at radius 3 is 2.40 bits per heavy atom. The molecule has 0 unspecified atom stereocenters. The number of aromatic carboxylic acids is 1. The molecule has 0 bridgehead atoms. The van der Waals surface area contributed by atoms with Gasteiger partial charge < -0.3 is 14.6 Å². The number of ether oxygens (including phenoxy) is 2. The third-order valence-corrected chi connectivity index (χ3v) is 2.77. The fourth-order valence-corrected chi connectivity index (χ4v) is 1.77. The molecule has 4 heteroatoms. The summed E-state index contributed by atoms with van der Waals surface area (Å²) in [4.78, 5) is 10.8. The van der Waals surface area contributed by atoms with Crippen molar-refractivity contribution in [3.63, 3.8) is 0 Å². The highest BCUT2D eigenvalue weighted by molar-refractivity contribution is 5.87. The molecule has 2 aromatic rings. The van der Waals surface area contributed by atoms with Crippen molar-refractivity contribution < 1.29 is 19.4 Å². The minimum Gasteiger partial charge on any atom is -0.493 e. The minimum atomic E-state index is -0.946. The summed E-state index contributed by atoms with van der Waals surface area (Å²) in [5, 5.41) is 8.82. The molecule has 0 aliphatic heterocycles. The van der Waals surface area contributed by atoms with Crippen molar-refractivity contribution in [2.75, 3.05) is 6.61 Å². The summed E-state index contributed by atoms with van der Waals surface area (Å²) in [7, 11) is 0. The van der Waals surface area contributed by atoms with Gasteiger partial charge in [-0.05, 0) is 37.3 Å². The van der Waals surface area contributed by atoms with Crippen LogP contribution in [0.25, 0.3) is 0 Å². The summed E-state index contributed by atoms with van der Waals surface area (Å²) in [5.74, 6) is 0.483. The Labute approximate surface area is 117 Å². The first-order chi connectivity index (χ1) is 9.70. The highest BCUT2D eigenvalue weighted by Crippen LogP contribution is 2.21. The summed E-state index contributed by atoms with van der Waals surface area (Å²) in [6.45, 7) is 2.91. The van der Waals surface area contributed by atoms with Crippen LogP contribution in [0, 0.1) is 0 Å². The highest BCUT2D eigenvalue weighted by Gasteiger charge is 2.05. The normalized spacial score (nSPS) is 10.1. The van der Waals surface area contributed by atoms with Crippen LogP contribution in [0.15, 0.2) is 48.5 Å². The Morgan fingerprint density at radius 2 is 1.75 bits per heavy atom. The van der Waals surface area contributed by atoms with E-state index in [0.717, 1.165) is 11.3 Å². The molecule has 1 N–H and O–H groups in total. The molecule has 2 rings (SSSR count). The number of para-hydroxylation sites is 1. The van der Waals surface area contributed by atoms with E-state index in [1.807, 2.05) is 31.2 Å². The SMILES string of the molecule is CCOc1ccccc1COc1ccc(C(=O)O)cc1. The molecule has 104 valence electrons. The van der Waals surface area contributed by atoms with Gasteiger partial charge in [-0.2, -0.15) is 0 Å². The van der Waals surface area contributed by atoms with E-state index in [-0.39, 0.29) is 5.56 Å². The van der Waals surface area contributed by atoms with Crippen molar-refractivity contribution in [3.05, 3.63) is 59.7 Å². The molecule has 0 aliphatic carbocycles. The lowest BCUT2D eigenvalue weighted by molar-refractivity contribution is 0.0697. The number of benzene rings is 2. The van der Waals surface area contributed by atoms with E-state index >= 15 is 0 Å². The lowest BCUT2D eigenvalue weighted by atomic mass is 10.2. The quantitative estimate of drug-likeness (QED) is 0.876. The summed E-state index contributed by atoms with van der Waals surface area (Å²) in [6, 6.07) is 14.0. The highest BCUT2D eigenvalue weighted by atomic mass is 16.5. The van der Waals surface area contributed by atoms with E-state index in [1.54, 1.807) is 12.1 Å².